The fourth-order valence-corrected chi connectivity index (χ4v) is 2.98. The van der Waals surface area contributed by atoms with Crippen molar-refractivity contribution in [3.63, 3.8) is 0 Å². The predicted octanol–water partition coefficient (Wildman–Crippen LogP) is 2.95. The molecule has 27 heavy (non-hydrogen) atoms. The number of nitrogens with one attached hydrogen (secondary N) is 1. The number of carbonyl (C=O) groups is 1. The van der Waals surface area contributed by atoms with Gasteiger partial charge in [0.1, 0.15) is 0 Å². The summed E-state index contributed by atoms with van der Waals surface area (Å²) in [6.07, 6.45) is 1.71. The third kappa shape index (κ3) is 6.96. The van der Waals surface area contributed by atoms with E-state index >= 15 is 0 Å². The van der Waals surface area contributed by atoms with Gasteiger partial charge in [-0.3, -0.25) is 14.9 Å². The van der Waals surface area contributed by atoms with Gasteiger partial charge in [-0.05, 0) is 32.3 Å². The SMILES string of the molecule is CCNC(=NCc1cccc([N+](=O)[O-])c1)N1CCCC(C(=O)OCC)C1.I. The van der Waals surface area contributed by atoms with E-state index in [4.69, 9.17) is 4.74 Å². The van der Waals surface area contributed by atoms with E-state index in [-0.39, 0.29) is 41.6 Å². The maximum Gasteiger partial charge on any atom is 0.310 e. The first-order chi connectivity index (χ1) is 12.5. The average Bonchev–Trinajstić information content (AvgIpc) is 2.65. The molecule has 0 bridgehead atoms. The van der Waals surface area contributed by atoms with Crippen molar-refractivity contribution in [2.24, 2.45) is 10.9 Å². The van der Waals surface area contributed by atoms with Gasteiger partial charge in [-0.2, -0.15) is 0 Å². The van der Waals surface area contributed by atoms with Crippen LogP contribution >= 0.6 is 24.0 Å². The number of halogens is 1. The van der Waals surface area contributed by atoms with Crippen LogP contribution in [0, 0.1) is 16.0 Å². The number of rotatable bonds is 6. The van der Waals surface area contributed by atoms with E-state index in [9.17, 15) is 14.9 Å². The van der Waals surface area contributed by atoms with Crippen molar-refractivity contribution in [1.82, 2.24) is 10.2 Å². The smallest absolute Gasteiger partial charge is 0.310 e. The van der Waals surface area contributed by atoms with Crippen LogP contribution in [0.15, 0.2) is 29.3 Å². The first-order valence-corrected chi connectivity index (χ1v) is 8.98. The van der Waals surface area contributed by atoms with Gasteiger partial charge in [-0.15, -0.1) is 24.0 Å². The molecule has 1 unspecified atom stereocenters. The molecule has 0 radical (unpaired) electrons. The number of ether oxygens (including phenoxy) is 1. The largest absolute Gasteiger partial charge is 0.466 e. The van der Waals surface area contributed by atoms with Crippen LogP contribution in [0.1, 0.15) is 32.3 Å². The van der Waals surface area contributed by atoms with Crippen molar-refractivity contribution in [1.29, 1.82) is 0 Å². The van der Waals surface area contributed by atoms with Crippen LogP contribution in [0.2, 0.25) is 0 Å². The number of benzene rings is 1. The summed E-state index contributed by atoms with van der Waals surface area (Å²) in [5.41, 5.74) is 0.830. The Balaban J connectivity index is 0.00000364. The summed E-state index contributed by atoms with van der Waals surface area (Å²) >= 11 is 0. The van der Waals surface area contributed by atoms with E-state index in [1.807, 2.05) is 19.9 Å². The molecule has 9 heteroatoms. The molecule has 150 valence electrons. The first kappa shape index (κ1) is 23.1. The number of hydrogen-bond donors (Lipinski definition) is 1. The number of nitrogens with zero attached hydrogens (tertiary/aromatic N) is 3. The van der Waals surface area contributed by atoms with E-state index < -0.39 is 4.92 Å². The molecule has 0 spiro atoms. The minimum atomic E-state index is -0.410. The van der Waals surface area contributed by atoms with Crippen molar-refractivity contribution in [2.45, 2.75) is 33.2 Å². The standard InChI is InChI=1S/C18H26N4O4.HI/c1-3-19-18(20-12-14-7-5-9-16(11-14)22(24)25)21-10-6-8-15(13-21)17(23)26-4-2;/h5,7,9,11,15H,3-4,6,8,10,12-13H2,1-2H3,(H,19,20);1H. The molecule has 1 aromatic rings. The first-order valence-electron chi connectivity index (χ1n) is 8.98. The quantitative estimate of drug-likeness (QED) is 0.165. The molecule has 1 saturated heterocycles. The van der Waals surface area contributed by atoms with Crippen molar-refractivity contribution in [3.05, 3.63) is 39.9 Å². The number of piperidine rings is 1. The Bertz CT molecular complexity index is 669. The highest BCUT2D eigenvalue weighted by molar-refractivity contribution is 14.0. The molecule has 1 atom stereocenters. The zero-order chi connectivity index (χ0) is 18.9. The normalized spacial score (nSPS) is 17.0. The van der Waals surface area contributed by atoms with Gasteiger partial charge in [-0.25, -0.2) is 4.99 Å². The molecule has 0 aromatic heterocycles. The fourth-order valence-electron chi connectivity index (χ4n) is 2.98. The Labute approximate surface area is 176 Å². The van der Waals surface area contributed by atoms with Gasteiger partial charge in [0.15, 0.2) is 5.96 Å². The summed E-state index contributed by atoms with van der Waals surface area (Å²) in [7, 11) is 0. The Hall–Kier alpha value is -1.91. The maximum absolute atomic E-state index is 12.0. The zero-order valence-electron chi connectivity index (χ0n) is 15.7. The molecular formula is C18H27IN4O4. The minimum absolute atomic E-state index is 0. The molecule has 1 heterocycles. The second kappa shape index (κ2) is 11.7. The number of likely N-dealkylation sites (tertiary alicyclic amines) is 1. The molecule has 2 rings (SSSR count). The molecular weight excluding hydrogens is 463 g/mol. The lowest BCUT2D eigenvalue weighted by Crippen LogP contribution is -2.48. The number of hydrogen-bond acceptors (Lipinski definition) is 5. The van der Waals surface area contributed by atoms with E-state index in [0.29, 0.717) is 32.2 Å². The van der Waals surface area contributed by atoms with Gasteiger partial charge in [0.05, 0.1) is 24.0 Å². The highest BCUT2D eigenvalue weighted by Crippen LogP contribution is 2.19. The van der Waals surface area contributed by atoms with E-state index in [0.717, 1.165) is 24.9 Å². The lowest BCUT2D eigenvalue weighted by Gasteiger charge is -2.34. The Kier molecular flexibility index (Phi) is 10.0. The number of nitro benzene ring substituents is 1. The number of aliphatic imine (C=N–C) groups is 1. The van der Waals surface area contributed by atoms with Crippen LogP contribution in [-0.2, 0) is 16.1 Å². The van der Waals surface area contributed by atoms with Gasteiger partial charge >= 0.3 is 5.97 Å². The summed E-state index contributed by atoms with van der Waals surface area (Å²) in [5, 5.41) is 14.1. The van der Waals surface area contributed by atoms with Gasteiger partial charge in [0, 0.05) is 31.8 Å². The van der Waals surface area contributed by atoms with Crippen LogP contribution in [0.5, 0.6) is 0 Å². The Morgan fingerprint density at radius 3 is 2.89 bits per heavy atom. The highest BCUT2D eigenvalue weighted by Gasteiger charge is 2.28. The molecule has 1 aliphatic rings. The van der Waals surface area contributed by atoms with Crippen molar-refractivity contribution < 1.29 is 14.5 Å². The van der Waals surface area contributed by atoms with Crippen LogP contribution in [0.3, 0.4) is 0 Å². The van der Waals surface area contributed by atoms with Crippen LogP contribution in [-0.4, -0.2) is 48.0 Å². The summed E-state index contributed by atoms with van der Waals surface area (Å²) in [4.78, 5) is 29.2. The molecule has 0 amide bonds. The van der Waals surface area contributed by atoms with E-state index in [1.165, 1.54) is 12.1 Å². The maximum atomic E-state index is 12.0. The number of nitro groups is 1. The third-order valence-electron chi connectivity index (χ3n) is 4.21. The molecule has 1 fully saturated rings. The predicted molar refractivity (Wildman–Crippen MR) is 114 cm³/mol. The molecule has 0 saturated carbocycles. The van der Waals surface area contributed by atoms with Crippen molar-refractivity contribution in [3.8, 4) is 0 Å². The second-order valence-electron chi connectivity index (χ2n) is 6.13. The molecule has 1 N–H and O–H groups in total. The fraction of sp³-hybridized carbons (Fsp3) is 0.556. The lowest BCUT2D eigenvalue weighted by molar-refractivity contribution is -0.384. The summed E-state index contributed by atoms with van der Waals surface area (Å²) in [6.45, 7) is 6.60. The minimum Gasteiger partial charge on any atom is -0.466 e. The molecule has 1 aliphatic heterocycles. The molecule has 0 aliphatic carbocycles. The second-order valence-corrected chi connectivity index (χ2v) is 6.13. The van der Waals surface area contributed by atoms with E-state index in [2.05, 4.69) is 15.2 Å². The molecule has 1 aromatic carbocycles. The van der Waals surface area contributed by atoms with Crippen LogP contribution in [0.4, 0.5) is 5.69 Å². The van der Waals surface area contributed by atoms with E-state index in [1.54, 1.807) is 6.07 Å². The van der Waals surface area contributed by atoms with Gasteiger partial charge < -0.3 is 15.0 Å². The topological polar surface area (TPSA) is 97.1 Å². The summed E-state index contributed by atoms with van der Waals surface area (Å²) in [6, 6.07) is 6.48. The average molecular weight is 490 g/mol. The van der Waals surface area contributed by atoms with Gasteiger partial charge in [0.2, 0.25) is 0 Å². The molecule has 8 nitrogen and oxygen atoms in total. The highest BCUT2D eigenvalue weighted by atomic mass is 127. The summed E-state index contributed by atoms with van der Waals surface area (Å²) in [5.74, 6) is 0.408. The van der Waals surface area contributed by atoms with Crippen molar-refractivity contribution >= 4 is 41.6 Å². The van der Waals surface area contributed by atoms with Gasteiger partial charge in [-0.1, -0.05) is 12.1 Å². The number of carbonyl (C=O) groups excluding carboxylic acids is 1. The number of guanidine groups is 1. The van der Waals surface area contributed by atoms with Crippen LogP contribution < -0.4 is 5.32 Å². The van der Waals surface area contributed by atoms with Crippen molar-refractivity contribution in [2.75, 3.05) is 26.2 Å². The summed E-state index contributed by atoms with van der Waals surface area (Å²) < 4.78 is 5.14. The monoisotopic (exact) mass is 490 g/mol. The van der Waals surface area contributed by atoms with Crippen LogP contribution in [0.25, 0.3) is 0 Å². The zero-order valence-corrected chi connectivity index (χ0v) is 18.0. The lowest BCUT2D eigenvalue weighted by atomic mass is 9.98. The number of esters is 1. The Morgan fingerprint density at radius 1 is 1.44 bits per heavy atom. The third-order valence-corrected chi connectivity index (χ3v) is 4.21. The Morgan fingerprint density at radius 2 is 2.22 bits per heavy atom. The van der Waals surface area contributed by atoms with Gasteiger partial charge in [0.25, 0.3) is 5.69 Å². The number of non-ortho nitro benzene ring substituents is 1.